The highest BCUT2D eigenvalue weighted by atomic mass is 35.5. The Morgan fingerprint density at radius 2 is 2.13 bits per heavy atom. The number of methoxy groups -OCH3 is 2. The van der Waals surface area contributed by atoms with E-state index in [2.05, 4.69) is 5.32 Å². The Kier molecular flexibility index (Phi) is 5.74. The molecule has 0 saturated carbocycles. The lowest BCUT2D eigenvalue weighted by atomic mass is 10.1. The molecule has 124 valence electrons. The standard InChI is InChI=1S/C16H20ClN3O2S/c1-21-13-6-5-12(14(11-13)22-2)7-10-20-9-4-3-8-16(20,17)19-15(18)23/h3-6,8-9,11H,7,10H2,1-2H3,(H3,18,19,23). The number of alkyl halides is 1. The maximum absolute atomic E-state index is 6.58. The second-order valence-electron chi connectivity index (χ2n) is 4.98. The molecule has 1 atom stereocenters. The van der Waals surface area contributed by atoms with Crippen LogP contribution in [0.15, 0.2) is 42.6 Å². The lowest BCUT2D eigenvalue weighted by Gasteiger charge is -2.38. The van der Waals surface area contributed by atoms with Crippen LogP contribution in [0.2, 0.25) is 0 Å². The molecule has 1 aromatic rings. The monoisotopic (exact) mass is 353 g/mol. The van der Waals surface area contributed by atoms with E-state index in [1.165, 1.54) is 0 Å². The molecule has 0 aliphatic carbocycles. The van der Waals surface area contributed by atoms with E-state index in [0.29, 0.717) is 6.54 Å². The summed E-state index contributed by atoms with van der Waals surface area (Å²) in [5, 5.41) is 2.09. The van der Waals surface area contributed by atoms with Gasteiger partial charge in [-0.1, -0.05) is 23.7 Å². The van der Waals surface area contributed by atoms with Gasteiger partial charge in [-0.3, -0.25) is 0 Å². The molecule has 2 rings (SSSR count). The highest BCUT2D eigenvalue weighted by Crippen LogP contribution is 2.28. The summed E-state index contributed by atoms with van der Waals surface area (Å²) in [5.41, 5.74) is 6.63. The summed E-state index contributed by atoms with van der Waals surface area (Å²) in [6.07, 6.45) is 8.20. The van der Waals surface area contributed by atoms with Crippen molar-refractivity contribution in [1.82, 2.24) is 10.2 Å². The van der Waals surface area contributed by atoms with Gasteiger partial charge in [0, 0.05) is 18.8 Å². The van der Waals surface area contributed by atoms with Crippen molar-refractivity contribution in [3.63, 3.8) is 0 Å². The van der Waals surface area contributed by atoms with Crippen molar-refractivity contribution in [3.05, 3.63) is 48.2 Å². The molecule has 5 nitrogen and oxygen atoms in total. The number of hydrogen-bond acceptors (Lipinski definition) is 4. The first-order valence-corrected chi connectivity index (χ1v) is 7.87. The predicted octanol–water partition coefficient (Wildman–Crippen LogP) is 2.36. The molecule has 0 amide bonds. The first kappa shape index (κ1) is 17.4. The van der Waals surface area contributed by atoms with Crippen LogP contribution < -0.4 is 20.5 Å². The van der Waals surface area contributed by atoms with Gasteiger partial charge < -0.3 is 25.4 Å². The first-order chi connectivity index (χ1) is 11.0. The third kappa shape index (κ3) is 4.30. The van der Waals surface area contributed by atoms with Crippen LogP contribution in [0.1, 0.15) is 5.56 Å². The third-order valence-electron chi connectivity index (χ3n) is 3.53. The van der Waals surface area contributed by atoms with E-state index in [9.17, 15) is 0 Å². The van der Waals surface area contributed by atoms with Gasteiger partial charge in [-0.15, -0.1) is 0 Å². The Balaban J connectivity index is 2.11. The largest absolute Gasteiger partial charge is 0.497 e. The SMILES string of the molecule is COc1ccc(CCN2C=CC=CC2(Cl)NC(N)=S)c(OC)c1. The second-order valence-corrected chi connectivity index (χ2v) is 6.00. The maximum atomic E-state index is 6.58. The van der Waals surface area contributed by atoms with Crippen molar-refractivity contribution in [3.8, 4) is 11.5 Å². The number of hydrogen-bond donors (Lipinski definition) is 2. The molecule has 0 saturated heterocycles. The van der Waals surface area contributed by atoms with Gasteiger partial charge >= 0.3 is 0 Å². The summed E-state index contributed by atoms with van der Waals surface area (Å²) >= 11 is 11.5. The Morgan fingerprint density at radius 3 is 2.78 bits per heavy atom. The number of benzene rings is 1. The number of thiocarbonyl (C=S) groups is 1. The Labute approximate surface area is 146 Å². The molecular weight excluding hydrogens is 334 g/mol. The minimum Gasteiger partial charge on any atom is -0.497 e. The van der Waals surface area contributed by atoms with Crippen LogP contribution in [0.4, 0.5) is 0 Å². The van der Waals surface area contributed by atoms with Gasteiger partial charge in [-0.2, -0.15) is 0 Å². The van der Waals surface area contributed by atoms with Crippen molar-refractivity contribution in [2.45, 2.75) is 11.5 Å². The first-order valence-electron chi connectivity index (χ1n) is 7.08. The Morgan fingerprint density at radius 1 is 1.35 bits per heavy atom. The van der Waals surface area contributed by atoms with E-state index in [1.807, 2.05) is 41.5 Å². The van der Waals surface area contributed by atoms with E-state index in [4.69, 9.17) is 39.0 Å². The quantitative estimate of drug-likeness (QED) is 0.465. The van der Waals surface area contributed by atoms with Gasteiger partial charge in [0.2, 0.25) is 5.12 Å². The van der Waals surface area contributed by atoms with Crippen molar-refractivity contribution < 1.29 is 9.47 Å². The summed E-state index contributed by atoms with van der Waals surface area (Å²) in [6.45, 7) is 0.655. The zero-order chi connectivity index (χ0) is 16.9. The molecule has 0 spiro atoms. The average Bonchev–Trinajstić information content (AvgIpc) is 2.53. The third-order valence-corrected chi connectivity index (χ3v) is 4.07. The smallest absolute Gasteiger partial charge is 0.210 e. The lowest BCUT2D eigenvalue weighted by Crippen LogP contribution is -2.56. The molecule has 1 aliphatic rings. The van der Waals surface area contributed by atoms with Crippen LogP contribution in [0, 0.1) is 0 Å². The molecule has 1 aliphatic heterocycles. The molecule has 1 heterocycles. The number of nitrogens with one attached hydrogen (secondary N) is 1. The number of halogens is 1. The van der Waals surface area contributed by atoms with E-state index in [1.54, 1.807) is 20.3 Å². The number of nitrogens with zero attached hydrogens (tertiary/aromatic N) is 1. The van der Waals surface area contributed by atoms with E-state index in [0.717, 1.165) is 23.5 Å². The van der Waals surface area contributed by atoms with E-state index < -0.39 is 5.12 Å². The van der Waals surface area contributed by atoms with Gasteiger partial charge in [0.05, 0.1) is 14.2 Å². The number of ether oxygens (including phenoxy) is 2. The van der Waals surface area contributed by atoms with Gasteiger partial charge in [-0.25, -0.2) is 0 Å². The molecule has 23 heavy (non-hydrogen) atoms. The van der Waals surface area contributed by atoms with Crippen LogP contribution in [-0.4, -0.2) is 35.9 Å². The summed E-state index contributed by atoms with van der Waals surface area (Å²) in [5.74, 6) is 1.54. The van der Waals surface area contributed by atoms with Crippen LogP contribution in [0.3, 0.4) is 0 Å². The molecule has 1 aromatic carbocycles. The number of nitrogens with two attached hydrogens (primary N) is 1. The molecule has 7 heteroatoms. The minimum absolute atomic E-state index is 0.145. The Bertz CT molecular complexity index is 636. The number of rotatable bonds is 6. The zero-order valence-corrected chi connectivity index (χ0v) is 14.7. The fraction of sp³-hybridized carbons (Fsp3) is 0.312. The summed E-state index contributed by atoms with van der Waals surface area (Å²) in [6, 6.07) is 5.76. The summed E-state index contributed by atoms with van der Waals surface area (Å²) in [7, 11) is 3.27. The molecular formula is C16H20ClN3O2S. The molecule has 0 fully saturated rings. The van der Waals surface area contributed by atoms with Crippen LogP contribution in [-0.2, 0) is 6.42 Å². The highest BCUT2D eigenvalue weighted by Gasteiger charge is 2.31. The molecule has 0 aromatic heterocycles. The fourth-order valence-corrected chi connectivity index (χ4v) is 2.89. The van der Waals surface area contributed by atoms with Crippen LogP contribution >= 0.6 is 23.8 Å². The van der Waals surface area contributed by atoms with Crippen molar-refractivity contribution in [2.75, 3.05) is 20.8 Å². The molecule has 1 unspecified atom stereocenters. The minimum atomic E-state index is -0.958. The van der Waals surface area contributed by atoms with Crippen molar-refractivity contribution in [1.29, 1.82) is 0 Å². The zero-order valence-electron chi connectivity index (χ0n) is 13.1. The van der Waals surface area contributed by atoms with Crippen LogP contribution in [0.25, 0.3) is 0 Å². The number of allylic oxidation sites excluding steroid dienone is 2. The van der Waals surface area contributed by atoms with Gasteiger partial charge in [-0.05, 0) is 42.4 Å². The Hall–Kier alpha value is -1.92. The fourth-order valence-electron chi connectivity index (χ4n) is 2.36. The molecule has 0 bridgehead atoms. The van der Waals surface area contributed by atoms with E-state index in [-0.39, 0.29) is 5.11 Å². The topological polar surface area (TPSA) is 59.8 Å². The second kappa shape index (κ2) is 7.57. The van der Waals surface area contributed by atoms with Gasteiger partial charge in [0.25, 0.3) is 0 Å². The van der Waals surface area contributed by atoms with Crippen molar-refractivity contribution >= 4 is 28.9 Å². The van der Waals surface area contributed by atoms with E-state index >= 15 is 0 Å². The summed E-state index contributed by atoms with van der Waals surface area (Å²) < 4.78 is 10.6. The maximum Gasteiger partial charge on any atom is 0.210 e. The molecule has 0 radical (unpaired) electrons. The highest BCUT2D eigenvalue weighted by molar-refractivity contribution is 7.80. The summed E-state index contributed by atoms with van der Waals surface area (Å²) in [4.78, 5) is 1.93. The van der Waals surface area contributed by atoms with Gasteiger partial charge in [0.15, 0.2) is 5.11 Å². The van der Waals surface area contributed by atoms with Gasteiger partial charge in [0.1, 0.15) is 11.5 Å². The lowest BCUT2D eigenvalue weighted by molar-refractivity contribution is 0.263. The molecule has 3 N–H and O–H groups in total. The van der Waals surface area contributed by atoms with Crippen molar-refractivity contribution in [2.24, 2.45) is 5.73 Å². The van der Waals surface area contributed by atoms with Crippen LogP contribution in [0.5, 0.6) is 11.5 Å². The predicted molar refractivity (Wildman–Crippen MR) is 96.7 cm³/mol. The normalized spacial score (nSPS) is 19.5. The average molecular weight is 354 g/mol.